The van der Waals surface area contributed by atoms with Gasteiger partial charge in [0, 0.05) is 6.61 Å². The number of rotatable bonds is 8. The fourth-order valence-electron chi connectivity index (χ4n) is 3.12. The smallest absolute Gasteiger partial charge is 0.0679 e. The molecule has 2 saturated carbocycles. The summed E-state index contributed by atoms with van der Waals surface area (Å²) in [6.45, 7) is 4.78. The third kappa shape index (κ3) is 3.43. The standard InChI is InChI=1S/C14H27NO2/c1-2-15-14(10-16,13-7-8-13)11-17-9-12-5-3-4-6-12/h12-13,15-16H,2-11H2,1H3. The molecular formula is C14H27NO2. The van der Waals surface area contributed by atoms with Crippen LogP contribution in [0.2, 0.25) is 0 Å². The van der Waals surface area contributed by atoms with Crippen molar-refractivity contribution in [3.8, 4) is 0 Å². The number of hydrogen-bond donors (Lipinski definition) is 2. The molecule has 0 bridgehead atoms. The van der Waals surface area contributed by atoms with Crippen molar-refractivity contribution in [3.05, 3.63) is 0 Å². The molecule has 0 saturated heterocycles. The molecule has 0 radical (unpaired) electrons. The van der Waals surface area contributed by atoms with Crippen molar-refractivity contribution < 1.29 is 9.84 Å². The molecule has 2 N–H and O–H groups in total. The molecule has 2 aliphatic carbocycles. The molecule has 100 valence electrons. The fraction of sp³-hybridized carbons (Fsp3) is 1.00. The number of likely N-dealkylation sites (N-methyl/N-ethyl adjacent to an activating group) is 1. The number of hydrogen-bond acceptors (Lipinski definition) is 3. The van der Waals surface area contributed by atoms with Gasteiger partial charge in [-0.15, -0.1) is 0 Å². The van der Waals surface area contributed by atoms with Gasteiger partial charge in [-0.1, -0.05) is 19.8 Å². The number of aliphatic hydroxyl groups excluding tert-OH is 1. The zero-order valence-electron chi connectivity index (χ0n) is 11.1. The summed E-state index contributed by atoms with van der Waals surface area (Å²) in [6, 6.07) is 0. The molecular weight excluding hydrogens is 214 g/mol. The predicted molar refractivity (Wildman–Crippen MR) is 69.0 cm³/mol. The van der Waals surface area contributed by atoms with Crippen molar-refractivity contribution in [1.29, 1.82) is 0 Å². The van der Waals surface area contributed by atoms with Gasteiger partial charge in [0.1, 0.15) is 0 Å². The van der Waals surface area contributed by atoms with Gasteiger partial charge in [-0.3, -0.25) is 0 Å². The van der Waals surface area contributed by atoms with E-state index in [2.05, 4.69) is 12.2 Å². The largest absolute Gasteiger partial charge is 0.394 e. The quantitative estimate of drug-likeness (QED) is 0.682. The molecule has 3 nitrogen and oxygen atoms in total. The van der Waals surface area contributed by atoms with E-state index in [9.17, 15) is 5.11 Å². The van der Waals surface area contributed by atoms with Crippen LogP contribution in [0.3, 0.4) is 0 Å². The average molecular weight is 241 g/mol. The maximum atomic E-state index is 9.67. The van der Waals surface area contributed by atoms with Gasteiger partial charge in [-0.2, -0.15) is 0 Å². The Morgan fingerprint density at radius 1 is 1.24 bits per heavy atom. The van der Waals surface area contributed by atoms with Crippen molar-refractivity contribution in [1.82, 2.24) is 5.32 Å². The maximum absolute atomic E-state index is 9.67. The molecule has 0 aromatic heterocycles. The lowest BCUT2D eigenvalue weighted by atomic mass is 9.95. The molecule has 2 rings (SSSR count). The Labute approximate surface area is 105 Å². The Morgan fingerprint density at radius 3 is 2.47 bits per heavy atom. The lowest BCUT2D eigenvalue weighted by Crippen LogP contribution is -2.54. The first-order valence-corrected chi connectivity index (χ1v) is 7.24. The first kappa shape index (κ1) is 13.3. The van der Waals surface area contributed by atoms with Gasteiger partial charge in [-0.25, -0.2) is 0 Å². The molecule has 2 aliphatic rings. The summed E-state index contributed by atoms with van der Waals surface area (Å²) in [5.74, 6) is 1.39. The second-order valence-corrected chi connectivity index (χ2v) is 5.78. The topological polar surface area (TPSA) is 41.5 Å². The van der Waals surface area contributed by atoms with Gasteiger partial charge < -0.3 is 15.2 Å². The third-order valence-corrected chi connectivity index (χ3v) is 4.36. The van der Waals surface area contributed by atoms with Crippen molar-refractivity contribution in [2.75, 3.05) is 26.4 Å². The molecule has 1 unspecified atom stereocenters. The molecule has 1 atom stereocenters. The van der Waals surface area contributed by atoms with Crippen molar-refractivity contribution in [2.45, 2.75) is 51.0 Å². The SMILES string of the molecule is CCNC(CO)(COCC1CCCC1)C1CC1. The van der Waals surface area contributed by atoms with E-state index in [0.717, 1.165) is 19.1 Å². The van der Waals surface area contributed by atoms with E-state index in [4.69, 9.17) is 4.74 Å². The number of aliphatic hydroxyl groups is 1. The predicted octanol–water partition coefficient (Wildman–Crippen LogP) is 1.94. The van der Waals surface area contributed by atoms with E-state index < -0.39 is 0 Å². The minimum atomic E-state index is -0.159. The van der Waals surface area contributed by atoms with Crippen LogP contribution in [0.25, 0.3) is 0 Å². The van der Waals surface area contributed by atoms with Crippen LogP contribution in [0.1, 0.15) is 45.4 Å². The summed E-state index contributed by atoms with van der Waals surface area (Å²) < 4.78 is 5.91. The highest BCUT2D eigenvalue weighted by molar-refractivity contribution is 5.00. The molecule has 0 aromatic carbocycles. The van der Waals surface area contributed by atoms with Crippen LogP contribution in [-0.2, 0) is 4.74 Å². The summed E-state index contributed by atoms with van der Waals surface area (Å²) in [7, 11) is 0. The molecule has 3 heteroatoms. The van der Waals surface area contributed by atoms with Gasteiger partial charge in [0.2, 0.25) is 0 Å². The van der Waals surface area contributed by atoms with E-state index in [1.165, 1.54) is 38.5 Å². The minimum Gasteiger partial charge on any atom is -0.394 e. The first-order valence-electron chi connectivity index (χ1n) is 7.24. The molecule has 0 aromatic rings. The van der Waals surface area contributed by atoms with E-state index in [-0.39, 0.29) is 12.1 Å². The lowest BCUT2D eigenvalue weighted by molar-refractivity contribution is 0.0114. The summed E-state index contributed by atoms with van der Waals surface area (Å²) in [5.41, 5.74) is -0.159. The number of nitrogens with one attached hydrogen (secondary N) is 1. The number of ether oxygens (including phenoxy) is 1. The first-order chi connectivity index (χ1) is 8.30. The average Bonchev–Trinajstić information content (AvgIpc) is 3.07. The van der Waals surface area contributed by atoms with Crippen molar-refractivity contribution in [2.24, 2.45) is 11.8 Å². The molecule has 0 heterocycles. The van der Waals surface area contributed by atoms with Crippen LogP contribution >= 0.6 is 0 Å². The second kappa shape index (κ2) is 6.17. The molecule has 0 spiro atoms. The van der Waals surface area contributed by atoms with Crippen LogP contribution in [0.4, 0.5) is 0 Å². The van der Waals surface area contributed by atoms with Crippen LogP contribution in [0.5, 0.6) is 0 Å². The summed E-state index contributed by atoms with van der Waals surface area (Å²) in [6.07, 6.45) is 7.87. The van der Waals surface area contributed by atoms with E-state index in [1.807, 2.05) is 0 Å². The van der Waals surface area contributed by atoms with Gasteiger partial charge in [-0.05, 0) is 44.1 Å². The molecule has 0 aliphatic heterocycles. The minimum absolute atomic E-state index is 0.159. The highest BCUT2D eigenvalue weighted by Gasteiger charge is 2.44. The highest BCUT2D eigenvalue weighted by atomic mass is 16.5. The highest BCUT2D eigenvalue weighted by Crippen LogP contribution is 2.40. The monoisotopic (exact) mass is 241 g/mol. The van der Waals surface area contributed by atoms with Gasteiger partial charge in [0.25, 0.3) is 0 Å². The van der Waals surface area contributed by atoms with Crippen LogP contribution in [0.15, 0.2) is 0 Å². The van der Waals surface area contributed by atoms with Crippen LogP contribution < -0.4 is 5.32 Å². The van der Waals surface area contributed by atoms with Crippen LogP contribution in [0, 0.1) is 11.8 Å². The maximum Gasteiger partial charge on any atom is 0.0679 e. The lowest BCUT2D eigenvalue weighted by Gasteiger charge is -2.33. The summed E-state index contributed by atoms with van der Waals surface area (Å²) >= 11 is 0. The van der Waals surface area contributed by atoms with Crippen molar-refractivity contribution >= 4 is 0 Å². The Morgan fingerprint density at radius 2 is 1.94 bits per heavy atom. The Balaban J connectivity index is 1.75. The zero-order chi connectivity index (χ0) is 12.1. The fourth-order valence-corrected chi connectivity index (χ4v) is 3.12. The molecule has 17 heavy (non-hydrogen) atoms. The third-order valence-electron chi connectivity index (χ3n) is 4.36. The van der Waals surface area contributed by atoms with E-state index in [1.54, 1.807) is 0 Å². The zero-order valence-corrected chi connectivity index (χ0v) is 11.1. The Kier molecular flexibility index (Phi) is 4.83. The normalized spacial score (nSPS) is 25.1. The van der Waals surface area contributed by atoms with Crippen molar-refractivity contribution in [3.63, 3.8) is 0 Å². The van der Waals surface area contributed by atoms with E-state index >= 15 is 0 Å². The summed E-state index contributed by atoms with van der Waals surface area (Å²) in [5, 5.41) is 13.1. The summed E-state index contributed by atoms with van der Waals surface area (Å²) in [4.78, 5) is 0. The molecule has 2 fully saturated rings. The van der Waals surface area contributed by atoms with Gasteiger partial charge in [0.05, 0.1) is 18.8 Å². The Bertz CT molecular complexity index is 224. The Hall–Kier alpha value is -0.120. The van der Waals surface area contributed by atoms with Gasteiger partial charge >= 0.3 is 0 Å². The van der Waals surface area contributed by atoms with Gasteiger partial charge in [0.15, 0.2) is 0 Å². The second-order valence-electron chi connectivity index (χ2n) is 5.78. The van der Waals surface area contributed by atoms with Crippen LogP contribution in [-0.4, -0.2) is 37.0 Å². The van der Waals surface area contributed by atoms with E-state index in [0.29, 0.717) is 12.5 Å². The molecule has 0 amide bonds.